The number of sulfone groups is 1. The Kier molecular flexibility index (Phi) is 6.04. The molecule has 0 radical (unpaired) electrons. The van der Waals surface area contributed by atoms with Crippen molar-refractivity contribution in [3.05, 3.63) is 82.6 Å². The minimum absolute atomic E-state index is 0.00785. The van der Waals surface area contributed by atoms with Crippen LogP contribution in [0.1, 0.15) is 53.4 Å². The topological polar surface area (TPSA) is 64.3 Å². The summed E-state index contributed by atoms with van der Waals surface area (Å²) < 4.78 is 29.5. The molecule has 0 aliphatic carbocycles. The van der Waals surface area contributed by atoms with Crippen LogP contribution in [0.15, 0.2) is 59.2 Å². The molecule has 1 heterocycles. The first-order valence-corrected chi connectivity index (χ1v) is 11.6. The van der Waals surface area contributed by atoms with Gasteiger partial charge in [-0.1, -0.05) is 36.4 Å². The van der Waals surface area contributed by atoms with Gasteiger partial charge < -0.3 is 4.42 Å². The molecule has 30 heavy (non-hydrogen) atoms. The zero-order chi connectivity index (χ0) is 22.1. The number of furan rings is 1. The van der Waals surface area contributed by atoms with Gasteiger partial charge in [0.2, 0.25) is 0 Å². The van der Waals surface area contributed by atoms with E-state index in [0.29, 0.717) is 17.5 Å². The Hall–Kier alpha value is -2.66. The van der Waals surface area contributed by atoms with Gasteiger partial charge in [0.25, 0.3) is 0 Å². The average molecular weight is 425 g/mol. The monoisotopic (exact) mass is 424 g/mol. The van der Waals surface area contributed by atoms with E-state index in [2.05, 4.69) is 0 Å². The molecule has 0 bridgehead atoms. The molecular weight excluding hydrogens is 396 g/mol. The quantitative estimate of drug-likeness (QED) is 0.476. The fourth-order valence-corrected chi connectivity index (χ4v) is 4.33. The van der Waals surface area contributed by atoms with Crippen LogP contribution >= 0.6 is 0 Å². The van der Waals surface area contributed by atoms with E-state index in [0.717, 1.165) is 28.0 Å². The lowest BCUT2D eigenvalue weighted by molar-refractivity contribution is 0.0992. The standard InChI is InChI=1S/C25H28O4S/c1-17-18(2)22(24-7-6-14-29-24)13-12-21(17)15-23(26)20-10-8-19(9-11-20)16-30(27,28)25(3,4)5/h6-14H,15-16H2,1-5H3. The van der Waals surface area contributed by atoms with Crippen molar-refractivity contribution in [3.8, 4) is 11.3 Å². The second-order valence-electron chi connectivity index (χ2n) is 8.67. The molecule has 1 aromatic heterocycles. The molecule has 0 spiro atoms. The van der Waals surface area contributed by atoms with E-state index in [1.165, 1.54) is 0 Å². The second-order valence-corrected chi connectivity index (χ2v) is 11.4. The van der Waals surface area contributed by atoms with Crippen LogP contribution in [-0.4, -0.2) is 18.9 Å². The first-order chi connectivity index (χ1) is 14.0. The molecule has 0 unspecified atom stereocenters. The van der Waals surface area contributed by atoms with Crippen molar-refractivity contribution in [2.24, 2.45) is 0 Å². The van der Waals surface area contributed by atoms with Gasteiger partial charge >= 0.3 is 0 Å². The maximum atomic E-state index is 12.8. The van der Waals surface area contributed by atoms with E-state index in [4.69, 9.17) is 4.42 Å². The Labute approximate surface area is 178 Å². The summed E-state index contributed by atoms with van der Waals surface area (Å²) in [6.45, 7) is 9.14. The van der Waals surface area contributed by atoms with Crippen LogP contribution < -0.4 is 0 Å². The number of carbonyl (C=O) groups excluding carboxylic acids is 1. The van der Waals surface area contributed by atoms with E-state index in [1.54, 1.807) is 51.3 Å². The predicted molar refractivity (Wildman–Crippen MR) is 120 cm³/mol. The van der Waals surface area contributed by atoms with Crippen molar-refractivity contribution >= 4 is 15.6 Å². The third-order valence-electron chi connectivity index (χ3n) is 5.60. The summed E-state index contributed by atoms with van der Waals surface area (Å²) in [6.07, 6.45) is 1.95. The maximum Gasteiger partial charge on any atom is 0.167 e. The average Bonchev–Trinajstić information content (AvgIpc) is 3.19. The minimum atomic E-state index is -3.26. The van der Waals surface area contributed by atoms with Gasteiger partial charge in [0.05, 0.1) is 16.8 Å². The lowest BCUT2D eigenvalue weighted by Crippen LogP contribution is -2.29. The highest BCUT2D eigenvalue weighted by Gasteiger charge is 2.29. The van der Waals surface area contributed by atoms with Crippen molar-refractivity contribution in [1.29, 1.82) is 0 Å². The van der Waals surface area contributed by atoms with Crippen LogP contribution in [0.5, 0.6) is 0 Å². The summed E-state index contributed by atoms with van der Waals surface area (Å²) in [4.78, 5) is 12.8. The number of ketones is 1. The van der Waals surface area contributed by atoms with Crippen molar-refractivity contribution in [3.63, 3.8) is 0 Å². The van der Waals surface area contributed by atoms with Crippen molar-refractivity contribution < 1.29 is 17.6 Å². The number of carbonyl (C=O) groups is 1. The highest BCUT2D eigenvalue weighted by molar-refractivity contribution is 7.91. The van der Waals surface area contributed by atoms with E-state index < -0.39 is 14.6 Å². The van der Waals surface area contributed by atoms with Gasteiger partial charge in [0.1, 0.15) is 5.76 Å². The molecule has 0 fully saturated rings. The fraction of sp³-hybridized carbons (Fsp3) is 0.320. The van der Waals surface area contributed by atoms with Gasteiger partial charge in [-0.2, -0.15) is 0 Å². The molecule has 158 valence electrons. The molecule has 0 atom stereocenters. The Bertz CT molecular complexity index is 1150. The number of rotatable bonds is 6. The van der Waals surface area contributed by atoms with E-state index in [-0.39, 0.29) is 11.5 Å². The molecule has 0 saturated carbocycles. The summed E-state index contributed by atoms with van der Waals surface area (Å²) in [7, 11) is -3.26. The highest BCUT2D eigenvalue weighted by atomic mass is 32.2. The van der Waals surface area contributed by atoms with Crippen molar-refractivity contribution in [2.45, 2.75) is 51.5 Å². The SMILES string of the molecule is Cc1c(CC(=O)c2ccc(CS(=O)(=O)C(C)(C)C)cc2)ccc(-c2ccco2)c1C. The smallest absolute Gasteiger partial charge is 0.167 e. The first-order valence-electron chi connectivity index (χ1n) is 9.97. The van der Waals surface area contributed by atoms with Crippen molar-refractivity contribution in [1.82, 2.24) is 0 Å². The van der Waals surface area contributed by atoms with Crippen LogP contribution in [0.25, 0.3) is 11.3 Å². The summed E-state index contributed by atoms with van der Waals surface area (Å²) in [6, 6.07) is 14.6. The molecule has 0 aliphatic rings. The molecule has 0 aliphatic heterocycles. The molecule has 2 aromatic carbocycles. The van der Waals surface area contributed by atoms with Gasteiger partial charge in [-0.15, -0.1) is 0 Å². The molecule has 4 nitrogen and oxygen atoms in total. The van der Waals surface area contributed by atoms with Crippen LogP contribution in [0.4, 0.5) is 0 Å². The molecule has 3 rings (SSSR count). The largest absolute Gasteiger partial charge is 0.464 e. The zero-order valence-electron chi connectivity index (χ0n) is 18.2. The van der Waals surface area contributed by atoms with E-state index in [1.807, 2.05) is 38.1 Å². The number of hydrogen-bond acceptors (Lipinski definition) is 4. The Balaban J connectivity index is 1.76. The second kappa shape index (κ2) is 8.23. The van der Waals surface area contributed by atoms with Gasteiger partial charge in [-0.05, 0) is 69.0 Å². The van der Waals surface area contributed by atoms with Gasteiger partial charge in [0, 0.05) is 17.5 Å². The number of hydrogen-bond donors (Lipinski definition) is 0. The van der Waals surface area contributed by atoms with E-state index in [9.17, 15) is 13.2 Å². The molecule has 5 heteroatoms. The molecule has 3 aromatic rings. The highest BCUT2D eigenvalue weighted by Crippen LogP contribution is 2.28. The van der Waals surface area contributed by atoms with Crippen molar-refractivity contribution in [2.75, 3.05) is 0 Å². The summed E-state index contributed by atoms with van der Waals surface area (Å²) in [5, 5.41) is 0. The van der Waals surface area contributed by atoms with Gasteiger partial charge in [0.15, 0.2) is 15.6 Å². The number of Topliss-reactive ketones (excluding diaryl/α,β-unsaturated/α-hetero) is 1. The summed E-state index contributed by atoms with van der Waals surface area (Å²) in [5.74, 6) is 0.792. The third-order valence-corrected chi connectivity index (χ3v) is 8.18. The van der Waals surface area contributed by atoms with Gasteiger partial charge in [-0.25, -0.2) is 8.42 Å². The Morgan fingerprint density at radius 1 is 0.933 bits per heavy atom. The fourth-order valence-electron chi connectivity index (χ4n) is 3.26. The van der Waals surface area contributed by atoms with E-state index >= 15 is 0 Å². The molecule has 0 saturated heterocycles. The van der Waals surface area contributed by atoms with Gasteiger partial charge in [-0.3, -0.25) is 4.79 Å². The molecule has 0 amide bonds. The minimum Gasteiger partial charge on any atom is -0.464 e. The first kappa shape index (κ1) is 22.0. The normalized spacial score (nSPS) is 12.2. The summed E-state index contributed by atoms with van der Waals surface area (Å²) >= 11 is 0. The number of benzene rings is 2. The summed E-state index contributed by atoms with van der Waals surface area (Å²) in [5.41, 5.74) is 5.45. The molecular formula is C25H28O4S. The molecule has 0 N–H and O–H groups in total. The Morgan fingerprint density at radius 3 is 2.17 bits per heavy atom. The maximum absolute atomic E-state index is 12.8. The zero-order valence-corrected chi connectivity index (χ0v) is 19.0. The third kappa shape index (κ3) is 4.57. The van der Waals surface area contributed by atoms with Crippen LogP contribution in [-0.2, 0) is 22.0 Å². The van der Waals surface area contributed by atoms with Crippen LogP contribution in [0.3, 0.4) is 0 Å². The lowest BCUT2D eigenvalue weighted by Gasteiger charge is -2.19. The lowest BCUT2D eigenvalue weighted by atomic mass is 9.92. The van der Waals surface area contributed by atoms with Crippen LogP contribution in [0.2, 0.25) is 0 Å². The predicted octanol–water partition coefficient (Wildman–Crippen LogP) is 5.70. The van der Waals surface area contributed by atoms with Crippen LogP contribution in [0, 0.1) is 13.8 Å². The Morgan fingerprint density at radius 2 is 1.60 bits per heavy atom.